The Balaban J connectivity index is 1.74. The number of hydrogen-bond donors (Lipinski definition) is 1. The molecule has 0 atom stereocenters. The van der Waals surface area contributed by atoms with Gasteiger partial charge in [0.1, 0.15) is 11.4 Å². The predicted octanol–water partition coefficient (Wildman–Crippen LogP) is 3.12. The number of nitrogens with one attached hydrogen (secondary N) is 1. The van der Waals surface area contributed by atoms with E-state index in [1.807, 2.05) is 60.2 Å². The number of nitrogens with zero attached hydrogens (tertiary/aromatic N) is 2. The van der Waals surface area contributed by atoms with Crippen LogP contribution in [0.5, 0.6) is 5.75 Å². The molecular formula is C19H19N3O2. The Labute approximate surface area is 140 Å². The number of pyridine rings is 1. The van der Waals surface area contributed by atoms with Crippen LogP contribution >= 0.6 is 0 Å². The van der Waals surface area contributed by atoms with Gasteiger partial charge in [-0.25, -0.2) is 0 Å². The third-order valence-electron chi connectivity index (χ3n) is 3.83. The summed E-state index contributed by atoms with van der Waals surface area (Å²) in [6.45, 7) is 2.38. The van der Waals surface area contributed by atoms with Crippen molar-refractivity contribution in [1.82, 2.24) is 14.9 Å². The van der Waals surface area contributed by atoms with E-state index < -0.39 is 0 Å². The zero-order valence-corrected chi connectivity index (χ0v) is 13.7. The molecule has 1 aromatic carbocycles. The van der Waals surface area contributed by atoms with Crippen LogP contribution in [-0.4, -0.2) is 22.6 Å². The smallest absolute Gasteiger partial charge is 0.268 e. The highest BCUT2D eigenvalue weighted by atomic mass is 16.5. The number of carbonyl (C=O) groups excluding carboxylic acids is 1. The van der Waals surface area contributed by atoms with Crippen molar-refractivity contribution in [2.75, 3.05) is 7.11 Å². The second kappa shape index (κ2) is 7.00. The van der Waals surface area contributed by atoms with Crippen LogP contribution < -0.4 is 10.1 Å². The molecular weight excluding hydrogens is 302 g/mol. The molecule has 0 saturated carbocycles. The molecule has 0 spiro atoms. The summed E-state index contributed by atoms with van der Waals surface area (Å²) in [5.74, 6) is 0.671. The van der Waals surface area contributed by atoms with Gasteiger partial charge in [0.2, 0.25) is 0 Å². The number of carbonyl (C=O) groups is 1. The first-order valence-corrected chi connectivity index (χ1v) is 7.69. The summed E-state index contributed by atoms with van der Waals surface area (Å²) in [6, 6.07) is 15.1. The van der Waals surface area contributed by atoms with Crippen LogP contribution in [0.15, 0.2) is 60.9 Å². The molecule has 0 saturated heterocycles. The molecule has 1 amide bonds. The topological polar surface area (TPSA) is 56.1 Å². The third-order valence-corrected chi connectivity index (χ3v) is 3.83. The van der Waals surface area contributed by atoms with Crippen LogP contribution in [0.2, 0.25) is 0 Å². The highest BCUT2D eigenvalue weighted by Gasteiger charge is 2.13. The van der Waals surface area contributed by atoms with E-state index in [0.717, 1.165) is 22.7 Å². The van der Waals surface area contributed by atoms with E-state index in [0.29, 0.717) is 12.2 Å². The Bertz CT molecular complexity index is 838. The van der Waals surface area contributed by atoms with Crippen molar-refractivity contribution >= 4 is 5.91 Å². The molecule has 3 aromatic rings. The number of amides is 1. The quantitative estimate of drug-likeness (QED) is 0.785. The Kier molecular flexibility index (Phi) is 4.61. The van der Waals surface area contributed by atoms with Gasteiger partial charge < -0.3 is 14.6 Å². The Morgan fingerprint density at radius 1 is 1.17 bits per heavy atom. The fraction of sp³-hybridized carbons (Fsp3) is 0.158. The molecule has 0 fully saturated rings. The van der Waals surface area contributed by atoms with Crippen LogP contribution in [0.1, 0.15) is 21.7 Å². The van der Waals surface area contributed by atoms with Crippen LogP contribution in [0, 0.1) is 6.92 Å². The largest absolute Gasteiger partial charge is 0.497 e. The van der Waals surface area contributed by atoms with Crippen LogP contribution in [-0.2, 0) is 6.54 Å². The van der Waals surface area contributed by atoms with Crippen LogP contribution in [0.25, 0.3) is 5.69 Å². The molecule has 3 rings (SSSR count). The highest BCUT2D eigenvalue weighted by Crippen LogP contribution is 2.16. The first-order valence-electron chi connectivity index (χ1n) is 7.69. The molecule has 5 nitrogen and oxygen atoms in total. The summed E-state index contributed by atoms with van der Waals surface area (Å²) in [4.78, 5) is 16.8. The van der Waals surface area contributed by atoms with Crippen molar-refractivity contribution < 1.29 is 9.53 Å². The molecule has 122 valence electrons. The summed E-state index contributed by atoms with van der Waals surface area (Å²) in [5.41, 5.74) is 3.37. The van der Waals surface area contributed by atoms with Gasteiger partial charge in [0, 0.05) is 18.9 Å². The summed E-state index contributed by atoms with van der Waals surface area (Å²) in [5, 5.41) is 2.95. The number of ether oxygens (including phenoxy) is 1. The van der Waals surface area contributed by atoms with E-state index in [1.165, 1.54) is 0 Å². The molecule has 0 unspecified atom stereocenters. The summed E-state index contributed by atoms with van der Waals surface area (Å²) in [7, 11) is 1.63. The predicted molar refractivity (Wildman–Crippen MR) is 92.5 cm³/mol. The lowest BCUT2D eigenvalue weighted by atomic mass is 10.2. The second-order valence-corrected chi connectivity index (χ2v) is 5.40. The molecule has 0 aliphatic carbocycles. The molecule has 2 heterocycles. The number of aryl methyl sites for hydroxylation is 1. The summed E-state index contributed by atoms with van der Waals surface area (Å²) >= 11 is 0. The van der Waals surface area contributed by atoms with Crippen molar-refractivity contribution in [2.24, 2.45) is 0 Å². The minimum Gasteiger partial charge on any atom is -0.497 e. The van der Waals surface area contributed by atoms with Crippen molar-refractivity contribution in [3.63, 3.8) is 0 Å². The van der Waals surface area contributed by atoms with E-state index in [1.54, 1.807) is 19.4 Å². The van der Waals surface area contributed by atoms with Crippen LogP contribution in [0.3, 0.4) is 0 Å². The summed E-state index contributed by atoms with van der Waals surface area (Å²) in [6.07, 6.45) is 3.61. The van der Waals surface area contributed by atoms with E-state index in [4.69, 9.17) is 4.74 Å². The van der Waals surface area contributed by atoms with Gasteiger partial charge in [-0.2, -0.15) is 0 Å². The lowest BCUT2D eigenvalue weighted by molar-refractivity contribution is 0.0944. The normalized spacial score (nSPS) is 10.4. The minimum atomic E-state index is -0.126. The molecule has 0 bridgehead atoms. The first-order chi connectivity index (χ1) is 11.7. The van der Waals surface area contributed by atoms with Gasteiger partial charge in [-0.1, -0.05) is 12.1 Å². The zero-order valence-electron chi connectivity index (χ0n) is 13.7. The maximum atomic E-state index is 12.5. The van der Waals surface area contributed by atoms with Gasteiger partial charge in [0.05, 0.1) is 18.5 Å². The Morgan fingerprint density at radius 2 is 1.96 bits per heavy atom. The van der Waals surface area contributed by atoms with Gasteiger partial charge in [0.25, 0.3) is 5.91 Å². The summed E-state index contributed by atoms with van der Waals surface area (Å²) < 4.78 is 6.99. The molecule has 0 aliphatic heterocycles. The number of hydrogen-bond acceptors (Lipinski definition) is 3. The van der Waals surface area contributed by atoms with E-state index in [2.05, 4.69) is 10.3 Å². The van der Waals surface area contributed by atoms with E-state index in [-0.39, 0.29) is 5.91 Å². The average molecular weight is 321 g/mol. The van der Waals surface area contributed by atoms with Crippen molar-refractivity contribution in [2.45, 2.75) is 13.5 Å². The van der Waals surface area contributed by atoms with E-state index in [9.17, 15) is 4.79 Å². The van der Waals surface area contributed by atoms with Gasteiger partial charge in [-0.15, -0.1) is 0 Å². The second-order valence-electron chi connectivity index (χ2n) is 5.40. The van der Waals surface area contributed by atoms with Crippen molar-refractivity contribution in [3.8, 4) is 11.4 Å². The maximum Gasteiger partial charge on any atom is 0.268 e. The van der Waals surface area contributed by atoms with E-state index >= 15 is 0 Å². The third kappa shape index (κ3) is 3.30. The van der Waals surface area contributed by atoms with Gasteiger partial charge in [-0.3, -0.25) is 9.78 Å². The lowest BCUT2D eigenvalue weighted by Gasteiger charge is -2.11. The number of benzene rings is 1. The van der Waals surface area contributed by atoms with Gasteiger partial charge in [-0.05, 0) is 48.9 Å². The number of rotatable bonds is 5. The highest BCUT2D eigenvalue weighted by molar-refractivity contribution is 5.93. The molecule has 0 aliphatic rings. The molecule has 1 N–H and O–H groups in total. The average Bonchev–Trinajstić information content (AvgIpc) is 3.10. The Hall–Kier alpha value is -3.08. The number of methoxy groups -OCH3 is 1. The fourth-order valence-corrected chi connectivity index (χ4v) is 2.52. The SMILES string of the molecule is COc1ccc(CNC(=O)c2cccn2-c2cccnc2C)cc1. The molecule has 5 heteroatoms. The Morgan fingerprint density at radius 3 is 2.67 bits per heavy atom. The standard InChI is InChI=1S/C19H19N3O2/c1-14-17(5-3-11-20-14)22-12-4-6-18(22)19(23)21-13-15-7-9-16(24-2)10-8-15/h3-12H,13H2,1-2H3,(H,21,23). The lowest BCUT2D eigenvalue weighted by Crippen LogP contribution is -2.25. The van der Waals surface area contributed by atoms with Crippen molar-refractivity contribution in [3.05, 3.63) is 77.9 Å². The maximum absolute atomic E-state index is 12.5. The van der Waals surface area contributed by atoms with Gasteiger partial charge >= 0.3 is 0 Å². The molecule has 0 radical (unpaired) electrons. The molecule has 24 heavy (non-hydrogen) atoms. The first kappa shape index (κ1) is 15.8. The zero-order chi connectivity index (χ0) is 16.9. The van der Waals surface area contributed by atoms with Crippen LogP contribution in [0.4, 0.5) is 0 Å². The monoisotopic (exact) mass is 321 g/mol. The number of aromatic nitrogens is 2. The molecule has 2 aromatic heterocycles. The van der Waals surface area contributed by atoms with Gasteiger partial charge in [0.15, 0.2) is 0 Å². The fourth-order valence-electron chi connectivity index (χ4n) is 2.52. The van der Waals surface area contributed by atoms with Crippen molar-refractivity contribution in [1.29, 1.82) is 0 Å². The minimum absolute atomic E-state index is 0.126.